The number of aryl methyl sites for hydroxylation is 1. The van der Waals surface area contributed by atoms with Gasteiger partial charge in [0.15, 0.2) is 0 Å². The van der Waals surface area contributed by atoms with Crippen LogP contribution in [-0.2, 0) is 6.54 Å². The molecule has 3 nitrogen and oxygen atoms in total. The third kappa shape index (κ3) is 1.69. The topological polar surface area (TPSA) is 54.7 Å². The molecule has 4 heteroatoms. The van der Waals surface area contributed by atoms with Crippen molar-refractivity contribution in [2.75, 3.05) is 0 Å². The molecule has 0 fully saturated rings. The van der Waals surface area contributed by atoms with Crippen molar-refractivity contribution in [1.82, 2.24) is 10.2 Å². The average molecular weight is 148 g/mol. The van der Waals surface area contributed by atoms with Gasteiger partial charge in [0, 0.05) is 6.54 Å². The van der Waals surface area contributed by atoms with Gasteiger partial charge in [-0.1, -0.05) is 0 Å². The number of nitrogens with two attached hydrogens (primary N) is 1. The molecule has 0 aliphatic heterocycles. The lowest BCUT2D eigenvalue weighted by Gasteiger charge is -1.87. The Hall–Kier alpha value is -0.540. The van der Waals surface area contributed by atoms with E-state index in [0.29, 0.717) is 6.54 Å². The molecule has 9 heavy (non-hydrogen) atoms. The lowest BCUT2D eigenvalue weighted by atomic mass is 10.3. The summed E-state index contributed by atoms with van der Waals surface area (Å²) in [5, 5.41) is 6.57. The van der Waals surface area contributed by atoms with Crippen molar-refractivity contribution in [2.45, 2.75) is 13.5 Å². The highest BCUT2D eigenvalue weighted by Gasteiger charge is 1.93. The molecule has 1 rings (SSSR count). The second-order valence-corrected chi connectivity index (χ2v) is 1.74. The van der Waals surface area contributed by atoms with Gasteiger partial charge in [0.05, 0.1) is 11.9 Å². The molecule has 0 aliphatic rings. The number of aromatic amines is 1. The minimum absolute atomic E-state index is 0. The zero-order chi connectivity index (χ0) is 5.98. The van der Waals surface area contributed by atoms with Crippen molar-refractivity contribution in [1.29, 1.82) is 0 Å². The first-order chi connectivity index (χ1) is 3.84. The summed E-state index contributed by atoms with van der Waals surface area (Å²) in [6.07, 6.45) is 1.77. The quantitative estimate of drug-likeness (QED) is 0.611. The molecule has 0 atom stereocenters. The molecule has 0 saturated carbocycles. The van der Waals surface area contributed by atoms with Gasteiger partial charge in [0.25, 0.3) is 0 Å². The van der Waals surface area contributed by atoms with Crippen LogP contribution in [0.4, 0.5) is 0 Å². The fourth-order valence-corrected chi connectivity index (χ4v) is 0.580. The van der Waals surface area contributed by atoms with Crippen LogP contribution >= 0.6 is 12.4 Å². The van der Waals surface area contributed by atoms with E-state index in [1.165, 1.54) is 0 Å². The summed E-state index contributed by atoms with van der Waals surface area (Å²) in [5.41, 5.74) is 7.47. The molecule has 1 aromatic rings. The molecule has 0 aliphatic carbocycles. The van der Waals surface area contributed by atoms with Gasteiger partial charge in [-0.05, 0) is 12.5 Å². The van der Waals surface area contributed by atoms with E-state index in [1.54, 1.807) is 6.20 Å². The SMILES string of the molecule is Cc1cn[nH]c1CN.Cl. The summed E-state index contributed by atoms with van der Waals surface area (Å²) < 4.78 is 0. The van der Waals surface area contributed by atoms with E-state index >= 15 is 0 Å². The van der Waals surface area contributed by atoms with Crippen molar-refractivity contribution in [3.8, 4) is 0 Å². The summed E-state index contributed by atoms with van der Waals surface area (Å²) in [7, 11) is 0. The molecule has 0 amide bonds. The van der Waals surface area contributed by atoms with Gasteiger partial charge in [-0.2, -0.15) is 5.10 Å². The Bertz CT molecular complexity index is 172. The fraction of sp³-hybridized carbons (Fsp3) is 0.400. The minimum Gasteiger partial charge on any atom is -0.325 e. The molecule has 52 valence electrons. The maximum absolute atomic E-state index is 5.32. The highest BCUT2D eigenvalue weighted by Crippen LogP contribution is 1.98. The monoisotopic (exact) mass is 147 g/mol. The van der Waals surface area contributed by atoms with Crippen molar-refractivity contribution in [3.63, 3.8) is 0 Å². The van der Waals surface area contributed by atoms with Gasteiger partial charge in [-0.3, -0.25) is 5.10 Å². The first-order valence-corrected chi connectivity index (χ1v) is 2.53. The summed E-state index contributed by atoms with van der Waals surface area (Å²) in [6, 6.07) is 0. The lowest BCUT2D eigenvalue weighted by molar-refractivity contribution is 0.941. The third-order valence-corrected chi connectivity index (χ3v) is 1.14. The number of hydrogen-bond donors (Lipinski definition) is 2. The maximum Gasteiger partial charge on any atom is 0.0519 e. The van der Waals surface area contributed by atoms with E-state index in [1.807, 2.05) is 6.92 Å². The molecule has 1 aromatic heterocycles. The Morgan fingerprint density at radius 3 is 2.67 bits per heavy atom. The van der Waals surface area contributed by atoms with Crippen LogP contribution in [0.1, 0.15) is 11.3 Å². The summed E-state index contributed by atoms with van der Waals surface area (Å²) >= 11 is 0. The Morgan fingerprint density at radius 1 is 1.78 bits per heavy atom. The number of H-pyrrole nitrogens is 1. The maximum atomic E-state index is 5.32. The smallest absolute Gasteiger partial charge is 0.0519 e. The van der Waals surface area contributed by atoms with E-state index in [0.717, 1.165) is 11.3 Å². The van der Waals surface area contributed by atoms with Crippen LogP contribution in [0.15, 0.2) is 6.20 Å². The van der Waals surface area contributed by atoms with Gasteiger partial charge in [-0.15, -0.1) is 12.4 Å². The minimum atomic E-state index is 0. The molecular weight excluding hydrogens is 138 g/mol. The van der Waals surface area contributed by atoms with Crippen LogP contribution in [-0.4, -0.2) is 10.2 Å². The summed E-state index contributed by atoms with van der Waals surface area (Å²) in [4.78, 5) is 0. The standard InChI is InChI=1S/C5H9N3.ClH/c1-4-3-7-8-5(4)2-6;/h3H,2,6H2,1H3,(H,7,8);1H. The first kappa shape index (κ1) is 8.46. The van der Waals surface area contributed by atoms with Crippen LogP contribution in [0, 0.1) is 6.92 Å². The summed E-state index contributed by atoms with van der Waals surface area (Å²) in [6.45, 7) is 2.53. The van der Waals surface area contributed by atoms with Gasteiger partial charge >= 0.3 is 0 Å². The number of rotatable bonds is 1. The zero-order valence-corrected chi connectivity index (χ0v) is 6.03. The van der Waals surface area contributed by atoms with Crippen LogP contribution in [0.5, 0.6) is 0 Å². The van der Waals surface area contributed by atoms with Gasteiger partial charge in [0.1, 0.15) is 0 Å². The van der Waals surface area contributed by atoms with Gasteiger partial charge < -0.3 is 5.73 Å². The van der Waals surface area contributed by atoms with E-state index in [-0.39, 0.29) is 12.4 Å². The molecule has 0 bridgehead atoms. The molecule has 0 aromatic carbocycles. The van der Waals surface area contributed by atoms with Crippen molar-refractivity contribution >= 4 is 12.4 Å². The van der Waals surface area contributed by atoms with Crippen LogP contribution in [0.3, 0.4) is 0 Å². The lowest BCUT2D eigenvalue weighted by Crippen LogP contribution is -1.97. The second-order valence-electron chi connectivity index (χ2n) is 1.74. The highest BCUT2D eigenvalue weighted by molar-refractivity contribution is 5.85. The van der Waals surface area contributed by atoms with E-state index < -0.39 is 0 Å². The first-order valence-electron chi connectivity index (χ1n) is 2.53. The van der Waals surface area contributed by atoms with Gasteiger partial charge in [-0.25, -0.2) is 0 Å². The molecule has 0 saturated heterocycles. The van der Waals surface area contributed by atoms with Crippen molar-refractivity contribution < 1.29 is 0 Å². The normalized spacial score (nSPS) is 8.67. The van der Waals surface area contributed by atoms with E-state index in [9.17, 15) is 0 Å². The van der Waals surface area contributed by atoms with Crippen molar-refractivity contribution in [3.05, 3.63) is 17.5 Å². The van der Waals surface area contributed by atoms with Crippen molar-refractivity contribution in [2.24, 2.45) is 5.73 Å². The third-order valence-electron chi connectivity index (χ3n) is 1.14. The molecular formula is C5H10ClN3. The van der Waals surface area contributed by atoms with E-state index in [2.05, 4.69) is 10.2 Å². The zero-order valence-electron chi connectivity index (χ0n) is 5.22. The predicted molar refractivity (Wildman–Crippen MR) is 38.5 cm³/mol. The molecule has 3 N–H and O–H groups in total. The number of halogens is 1. The van der Waals surface area contributed by atoms with E-state index in [4.69, 9.17) is 5.73 Å². The Morgan fingerprint density at radius 2 is 2.44 bits per heavy atom. The highest BCUT2D eigenvalue weighted by atomic mass is 35.5. The van der Waals surface area contributed by atoms with Gasteiger partial charge in [0.2, 0.25) is 0 Å². The molecule has 0 radical (unpaired) electrons. The fourth-order valence-electron chi connectivity index (χ4n) is 0.580. The largest absolute Gasteiger partial charge is 0.325 e. The Balaban J connectivity index is 0.000000640. The Kier molecular flexibility index (Phi) is 3.27. The summed E-state index contributed by atoms with van der Waals surface area (Å²) in [5.74, 6) is 0. The number of aromatic nitrogens is 2. The number of nitrogens with zero attached hydrogens (tertiary/aromatic N) is 1. The number of hydrogen-bond acceptors (Lipinski definition) is 2. The predicted octanol–water partition coefficient (Wildman–Crippen LogP) is 0.599. The average Bonchev–Trinajstić information content (AvgIpc) is 2.14. The van der Waals surface area contributed by atoms with Crippen LogP contribution < -0.4 is 5.73 Å². The second kappa shape index (κ2) is 3.48. The van der Waals surface area contributed by atoms with Crippen LogP contribution in [0.25, 0.3) is 0 Å². The molecule has 1 heterocycles. The Labute approximate surface area is 60.1 Å². The number of nitrogens with one attached hydrogen (secondary N) is 1. The van der Waals surface area contributed by atoms with Crippen LogP contribution in [0.2, 0.25) is 0 Å². The molecule has 0 unspecified atom stereocenters. The molecule has 0 spiro atoms.